The fourth-order valence-electron chi connectivity index (χ4n) is 6.94. The van der Waals surface area contributed by atoms with Crippen molar-refractivity contribution in [3.63, 3.8) is 0 Å². The number of unbranched alkanes of at least 4 members (excludes halogenated alkanes) is 24. The molecule has 2 aromatic rings. The van der Waals surface area contributed by atoms with Crippen LogP contribution in [0.1, 0.15) is 199 Å². The zero-order valence-electron chi connectivity index (χ0n) is 31.8. The molecule has 4 heteroatoms. The van der Waals surface area contributed by atoms with Crippen molar-refractivity contribution in [1.29, 1.82) is 0 Å². The molecule has 0 atom stereocenters. The molecule has 0 heterocycles. The van der Waals surface area contributed by atoms with Crippen LogP contribution in [0.25, 0.3) is 0 Å². The normalized spacial score (nSPS) is 11.4. The molecule has 0 saturated carbocycles. The first kappa shape index (κ1) is 41.8. The highest BCUT2D eigenvalue weighted by Crippen LogP contribution is 2.31. The van der Waals surface area contributed by atoms with Crippen molar-refractivity contribution in [1.82, 2.24) is 0 Å². The summed E-state index contributed by atoms with van der Waals surface area (Å²) in [6.45, 7) is 6.55. The highest BCUT2D eigenvalue weighted by Gasteiger charge is 2.15. The average Bonchev–Trinajstić information content (AvgIpc) is 3.07. The maximum Gasteiger partial charge on any atom is 0.238 e. The van der Waals surface area contributed by atoms with Gasteiger partial charge in [-0.2, -0.15) is 0 Å². The first-order valence-corrected chi connectivity index (χ1v) is 20.6. The van der Waals surface area contributed by atoms with E-state index >= 15 is 0 Å². The Balaban J connectivity index is 1.67. The van der Waals surface area contributed by atoms with Gasteiger partial charge in [-0.15, -0.1) is 0 Å². The van der Waals surface area contributed by atoms with Crippen molar-refractivity contribution >= 4 is 11.4 Å². The zero-order valence-corrected chi connectivity index (χ0v) is 31.8. The summed E-state index contributed by atoms with van der Waals surface area (Å²) in [4.78, 5) is 0. The predicted octanol–water partition coefficient (Wildman–Crippen LogP) is 13.9. The first-order chi connectivity index (χ1) is 23.6. The van der Waals surface area contributed by atoms with E-state index in [1.54, 1.807) is 0 Å². The molecule has 48 heavy (non-hydrogen) atoms. The van der Waals surface area contributed by atoms with E-state index in [4.69, 9.17) is 20.9 Å². The molecule has 0 saturated heterocycles. The van der Waals surface area contributed by atoms with Crippen LogP contribution in [0.2, 0.25) is 0 Å². The SMILES string of the molecule is CCCCCCCCCCCCCCCc1c(N)cccc1OC(C)Oc1cccc(N)c1CCCCCCCCCCCCCCC. The van der Waals surface area contributed by atoms with Gasteiger partial charge in [-0.05, 0) is 49.9 Å². The number of rotatable bonds is 32. The van der Waals surface area contributed by atoms with Gasteiger partial charge in [0.1, 0.15) is 11.5 Å². The van der Waals surface area contributed by atoms with Crippen molar-refractivity contribution in [2.45, 2.75) is 207 Å². The van der Waals surface area contributed by atoms with Gasteiger partial charge in [-0.3, -0.25) is 0 Å². The lowest BCUT2D eigenvalue weighted by Crippen LogP contribution is -2.21. The number of benzene rings is 2. The molecule has 2 aromatic carbocycles. The number of nitrogen functional groups attached to an aromatic ring is 2. The highest BCUT2D eigenvalue weighted by molar-refractivity contribution is 5.55. The van der Waals surface area contributed by atoms with E-state index in [9.17, 15) is 0 Å². The van der Waals surface area contributed by atoms with Gasteiger partial charge in [0.25, 0.3) is 0 Å². The lowest BCUT2D eigenvalue weighted by atomic mass is 10.0. The summed E-state index contributed by atoms with van der Waals surface area (Å²) in [5.41, 5.74) is 16.7. The van der Waals surface area contributed by atoms with Crippen LogP contribution in [0.4, 0.5) is 11.4 Å². The third kappa shape index (κ3) is 19.6. The second kappa shape index (κ2) is 28.5. The third-order valence-electron chi connectivity index (χ3n) is 9.99. The number of hydrogen-bond donors (Lipinski definition) is 2. The summed E-state index contributed by atoms with van der Waals surface area (Å²) in [7, 11) is 0. The molecule has 4 nitrogen and oxygen atoms in total. The minimum absolute atomic E-state index is 0.440. The van der Waals surface area contributed by atoms with Crippen LogP contribution in [0.3, 0.4) is 0 Å². The van der Waals surface area contributed by atoms with Crippen LogP contribution in [0.15, 0.2) is 36.4 Å². The van der Waals surface area contributed by atoms with E-state index in [0.29, 0.717) is 0 Å². The molecule has 2 rings (SSSR count). The molecule has 0 fully saturated rings. The Labute approximate surface area is 297 Å². The Bertz CT molecular complexity index is 957. The largest absolute Gasteiger partial charge is 0.455 e. The van der Waals surface area contributed by atoms with Crippen LogP contribution in [-0.2, 0) is 12.8 Å². The molecule has 0 aromatic heterocycles. The Morgan fingerprint density at radius 3 is 0.979 bits per heavy atom. The monoisotopic (exact) mass is 665 g/mol. The topological polar surface area (TPSA) is 70.5 Å². The fraction of sp³-hybridized carbons (Fsp3) is 0.727. The molecule has 0 aliphatic heterocycles. The van der Waals surface area contributed by atoms with Gasteiger partial charge >= 0.3 is 0 Å². The Kier molecular flexibility index (Phi) is 24.8. The third-order valence-corrected chi connectivity index (χ3v) is 9.99. The van der Waals surface area contributed by atoms with Gasteiger partial charge < -0.3 is 20.9 Å². The van der Waals surface area contributed by atoms with Crippen LogP contribution in [-0.4, -0.2) is 6.29 Å². The van der Waals surface area contributed by atoms with Gasteiger partial charge in [-0.25, -0.2) is 0 Å². The maximum absolute atomic E-state index is 6.44. The number of ether oxygens (including phenoxy) is 2. The first-order valence-electron chi connectivity index (χ1n) is 20.6. The predicted molar refractivity (Wildman–Crippen MR) is 211 cm³/mol. The molecule has 0 radical (unpaired) electrons. The maximum atomic E-state index is 6.44. The van der Waals surface area contributed by atoms with Crippen molar-refractivity contribution in [2.24, 2.45) is 0 Å². The van der Waals surface area contributed by atoms with E-state index in [-0.39, 0.29) is 0 Å². The minimum Gasteiger partial charge on any atom is -0.455 e. The highest BCUT2D eigenvalue weighted by atomic mass is 16.7. The van der Waals surface area contributed by atoms with E-state index in [1.807, 2.05) is 43.3 Å². The standard InChI is InChI=1S/C44H76N2O2/c1-4-6-8-10-12-14-16-18-20-22-24-26-28-32-39-41(45)34-30-36-43(39)47-38(3)48-44-37-31-35-42(46)40(44)33-29-27-25-23-21-19-17-15-13-11-9-7-5-2/h30-31,34-38H,4-29,32-33,45-46H2,1-3H3. The second-order valence-corrected chi connectivity index (χ2v) is 14.4. The molecule has 0 unspecified atom stereocenters. The van der Waals surface area contributed by atoms with Crippen molar-refractivity contribution in [2.75, 3.05) is 11.5 Å². The van der Waals surface area contributed by atoms with Gasteiger partial charge in [-0.1, -0.05) is 180 Å². The van der Waals surface area contributed by atoms with Crippen LogP contribution < -0.4 is 20.9 Å². The smallest absolute Gasteiger partial charge is 0.238 e. The number of hydrogen-bond acceptors (Lipinski definition) is 4. The Morgan fingerprint density at radius 2 is 0.688 bits per heavy atom. The summed E-state index contributed by atoms with van der Waals surface area (Å²) in [6.07, 6.45) is 36.7. The summed E-state index contributed by atoms with van der Waals surface area (Å²) in [5.74, 6) is 1.67. The lowest BCUT2D eigenvalue weighted by Gasteiger charge is -2.22. The summed E-state index contributed by atoms with van der Waals surface area (Å²) in [6, 6.07) is 12.0. The van der Waals surface area contributed by atoms with Gasteiger partial charge in [0.2, 0.25) is 6.29 Å². The van der Waals surface area contributed by atoms with Crippen molar-refractivity contribution < 1.29 is 9.47 Å². The van der Waals surface area contributed by atoms with Crippen molar-refractivity contribution in [3.8, 4) is 11.5 Å². The molecule has 0 amide bonds. The average molecular weight is 665 g/mol. The minimum atomic E-state index is -0.440. The van der Waals surface area contributed by atoms with Crippen LogP contribution >= 0.6 is 0 Å². The van der Waals surface area contributed by atoms with Crippen LogP contribution in [0.5, 0.6) is 11.5 Å². The van der Waals surface area contributed by atoms with Gasteiger partial charge in [0, 0.05) is 29.4 Å². The molecular weight excluding hydrogens is 588 g/mol. The van der Waals surface area contributed by atoms with E-state index < -0.39 is 6.29 Å². The zero-order chi connectivity index (χ0) is 34.5. The quantitative estimate of drug-likeness (QED) is 0.0464. The summed E-state index contributed by atoms with van der Waals surface area (Å²) >= 11 is 0. The molecule has 0 bridgehead atoms. The lowest BCUT2D eigenvalue weighted by molar-refractivity contribution is 0.0209. The molecule has 0 aliphatic rings. The van der Waals surface area contributed by atoms with Crippen molar-refractivity contribution in [3.05, 3.63) is 47.5 Å². The van der Waals surface area contributed by atoms with Gasteiger partial charge in [0.05, 0.1) is 0 Å². The molecule has 0 spiro atoms. The van der Waals surface area contributed by atoms with Crippen LogP contribution in [0, 0.1) is 0 Å². The molecule has 4 N–H and O–H groups in total. The van der Waals surface area contributed by atoms with Gasteiger partial charge in [0.15, 0.2) is 0 Å². The fourth-order valence-corrected chi connectivity index (χ4v) is 6.94. The summed E-state index contributed by atoms with van der Waals surface area (Å²) in [5, 5.41) is 0. The number of nitrogens with two attached hydrogens (primary N) is 2. The summed E-state index contributed by atoms with van der Waals surface area (Å²) < 4.78 is 12.7. The molecular formula is C44H76N2O2. The Morgan fingerprint density at radius 1 is 0.417 bits per heavy atom. The Hall–Kier alpha value is -2.36. The van der Waals surface area contributed by atoms with E-state index in [1.165, 1.54) is 154 Å². The molecule has 274 valence electrons. The number of anilines is 2. The van der Waals surface area contributed by atoms with E-state index in [0.717, 1.165) is 59.7 Å². The molecule has 0 aliphatic carbocycles. The van der Waals surface area contributed by atoms with E-state index in [2.05, 4.69) is 13.8 Å². The second-order valence-electron chi connectivity index (χ2n) is 14.4.